The lowest BCUT2D eigenvalue weighted by Crippen LogP contribution is -2.12. The lowest BCUT2D eigenvalue weighted by Gasteiger charge is -1.96. The minimum Gasteiger partial charge on any atom is -0.0915 e. The van der Waals surface area contributed by atoms with Crippen LogP contribution in [0.3, 0.4) is 0 Å². The van der Waals surface area contributed by atoms with Gasteiger partial charge in [0.15, 0.2) is 0 Å². The van der Waals surface area contributed by atoms with Crippen molar-refractivity contribution in [3.63, 3.8) is 0 Å². The molecule has 0 aliphatic carbocycles. The maximum absolute atomic E-state index is 3.98. The van der Waals surface area contributed by atoms with Gasteiger partial charge in [-0.25, -0.2) is 0 Å². The maximum atomic E-state index is 3.98. The van der Waals surface area contributed by atoms with Crippen molar-refractivity contribution in [2.75, 3.05) is 0 Å². The lowest BCUT2D eigenvalue weighted by molar-refractivity contribution is 1.12. The highest BCUT2D eigenvalue weighted by Gasteiger charge is 1.88. The number of hydrogen-bond acceptors (Lipinski definition) is 0. The molecule has 0 bridgehead atoms. The van der Waals surface area contributed by atoms with E-state index in [1.165, 1.54) is 10.8 Å². The Morgan fingerprint density at radius 2 is 2.08 bits per heavy atom. The van der Waals surface area contributed by atoms with E-state index < -0.39 is 0 Å². The highest BCUT2D eigenvalue weighted by molar-refractivity contribution is 5.29. The van der Waals surface area contributed by atoms with Gasteiger partial charge in [-0.3, -0.25) is 0 Å². The number of hydrogen-bond donors (Lipinski definition) is 0. The van der Waals surface area contributed by atoms with Gasteiger partial charge in [0.2, 0.25) is 0 Å². The Hall–Kier alpha value is -1.04. The predicted molar refractivity (Wildman–Crippen MR) is 55.3 cm³/mol. The Kier molecular flexibility index (Phi) is 3.09. The second-order valence-corrected chi connectivity index (χ2v) is 2.99. The first-order valence-electron chi connectivity index (χ1n) is 4.56. The molecule has 0 fully saturated rings. The average Bonchev–Trinajstić information content (AvgIpc) is 2.09. The molecule has 64 valence electrons. The van der Waals surface area contributed by atoms with Gasteiger partial charge in [0.05, 0.1) is 0 Å². The summed E-state index contributed by atoms with van der Waals surface area (Å²) in [5, 5.41) is 2.48. The topological polar surface area (TPSA) is 0 Å². The van der Waals surface area contributed by atoms with Gasteiger partial charge in [-0.1, -0.05) is 44.7 Å². The molecule has 0 aromatic heterocycles. The molecule has 1 aromatic carbocycles. The Morgan fingerprint density at radius 3 is 2.67 bits per heavy atom. The van der Waals surface area contributed by atoms with Crippen molar-refractivity contribution >= 4 is 12.7 Å². The third-order valence-electron chi connectivity index (χ3n) is 2.05. The molecule has 0 saturated carbocycles. The molecule has 0 unspecified atom stereocenters. The van der Waals surface area contributed by atoms with Crippen LogP contribution in [-0.2, 0) is 6.42 Å². The average molecular weight is 160 g/mol. The molecule has 0 heteroatoms. The number of aryl methyl sites for hydroxylation is 1. The molecule has 0 heterocycles. The fourth-order valence-corrected chi connectivity index (χ4v) is 1.34. The Balaban J connectivity index is 3.23. The Labute approximate surface area is 74.2 Å². The molecule has 0 aliphatic heterocycles. The monoisotopic (exact) mass is 160 g/mol. The van der Waals surface area contributed by atoms with E-state index in [0.29, 0.717) is 0 Å². The first-order valence-corrected chi connectivity index (χ1v) is 4.56. The third kappa shape index (κ3) is 1.97. The Morgan fingerprint density at radius 1 is 1.33 bits per heavy atom. The van der Waals surface area contributed by atoms with Crippen LogP contribution >= 0.6 is 0 Å². The normalized spacial score (nSPS) is 12.0. The van der Waals surface area contributed by atoms with E-state index in [9.17, 15) is 0 Å². The standard InChI is InChI=1S/C12H16/c1-4-6-11-8-7-10(3)12(5-2)9-11/h6-9H,3-5H2,1-2H3. The summed E-state index contributed by atoms with van der Waals surface area (Å²) in [6.07, 6.45) is 4.41. The van der Waals surface area contributed by atoms with Gasteiger partial charge in [0.25, 0.3) is 0 Å². The summed E-state index contributed by atoms with van der Waals surface area (Å²) >= 11 is 0. The highest BCUT2D eigenvalue weighted by atomic mass is 13.9. The van der Waals surface area contributed by atoms with Crippen molar-refractivity contribution in [3.8, 4) is 0 Å². The van der Waals surface area contributed by atoms with Gasteiger partial charge in [-0.2, -0.15) is 0 Å². The van der Waals surface area contributed by atoms with Crippen LogP contribution in [0.2, 0.25) is 0 Å². The summed E-state index contributed by atoms with van der Waals surface area (Å²) in [4.78, 5) is 0. The fraction of sp³-hybridized carbons (Fsp3) is 0.333. The van der Waals surface area contributed by atoms with E-state index >= 15 is 0 Å². The third-order valence-corrected chi connectivity index (χ3v) is 2.05. The van der Waals surface area contributed by atoms with Crippen molar-refractivity contribution in [2.24, 2.45) is 0 Å². The first kappa shape index (κ1) is 9.05. The summed E-state index contributed by atoms with van der Waals surface area (Å²) < 4.78 is 0. The summed E-state index contributed by atoms with van der Waals surface area (Å²) in [5.74, 6) is 0. The summed E-state index contributed by atoms with van der Waals surface area (Å²) in [7, 11) is 0. The zero-order valence-electron chi connectivity index (χ0n) is 7.93. The molecule has 0 saturated heterocycles. The lowest BCUT2D eigenvalue weighted by atomic mass is 10.1. The first-order chi connectivity index (χ1) is 5.77. The van der Waals surface area contributed by atoms with Crippen LogP contribution in [0.4, 0.5) is 0 Å². The molecule has 0 aliphatic rings. The minimum atomic E-state index is 1.07. The van der Waals surface area contributed by atoms with Gasteiger partial charge in [-0.05, 0) is 28.8 Å². The van der Waals surface area contributed by atoms with Gasteiger partial charge in [0, 0.05) is 0 Å². The molecule has 0 N–H and O–H groups in total. The molecule has 0 radical (unpaired) electrons. The predicted octanol–water partition coefficient (Wildman–Crippen LogP) is 1.85. The van der Waals surface area contributed by atoms with E-state index in [1.54, 1.807) is 0 Å². The SMILES string of the molecule is C=c1ccc(=CCC)cc1CC. The van der Waals surface area contributed by atoms with Crippen LogP contribution in [0.1, 0.15) is 25.8 Å². The van der Waals surface area contributed by atoms with E-state index in [1.807, 2.05) is 0 Å². The Bertz CT molecular complexity index is 347. The van der Waals surface area contributed by atoms with Crippen LogP contribution < -0.4 is 10.4 Å². The van der Waals surface area contributed by atoms with Gasteiger partial charge < -0.3 is 0 Å². The molecular formula is C12H16. The van der Waals surface area contributed by atoms with Crippen molar-refractivity contribution < 1.29 is 0 Å². The molecule has 0 spiro atoms. The van der Waals surface area contributed by atoms with Crippen LogP contribution in [-0.4, -0.2) is 0 Å². The second kappa shape index (κ2) is 4.10. The van der Waals surface area contributed by atoms with E-state index in [-0.39, 0.29) is 0 Å². The number of benzene rings is 1. The largest absolute Gasteiger partial charge is 0.0915 e. The summed E-state index contributed by atoms with van der Waals surface area (Å²) in [6.45, 7) is 8.30. The van der Waals surface area contributed by atoms with Crippen LogP contribution in [0, 0.1) is 0 Å². The van der Waals surface area contributed by atoms with Gasteiger partial charge >= 0.3 is 0 Å². The van der Waals surface area contributed by atoms with E-state index in [0.717, 1.165) is 18.1 Å². The maximum Gasteiger partial charge on any atom is -0.0294 e. The van der Waals surface area contributed by atoms with E-state index in [4.69, 9.17) is 0 Å². The van der Waals surface area contributed by atoms with Crippen LogP contribution in [0.25, 0.3) is 12.7 Å². The van der Waals surface area contributed by atoms with Crippen molar-refractivity contribution in [1.29, 1.82) is 0 Å². The van der Waals surface area contributed by atoms with Crippen molar-refractivity contribution in [1.82, 2.24) is 0 Å². The quantitative estimate of drug-likeness (QED) is 0.619. The highest BCUT2D eigenvalue weighted by Crippen LogP contribution is 1.87. The minimum absolute atomic E-state index is 1.07. The fourth-order valence-electron chi connectivity index (χ4n) is 1.34. The molecule has 0 nitrogen and oxygen atoms in total. The van der Waals surface area contributed by atoms with Crippen LogP contribution in [0.15, 0.2) is 18.2 Å². The summed E-state index contributed by atoms with van der Waals surface area (Å²) in [5.41, 5.74) is 1.36. The van der Waals surface area contributed by atoms with Gasteiger partial charge in [-0.15, -0.1) is 0 Å². The second-order valence-electron chi connectivity index (χ2n) is 2.99. The molecule has 12 heavy (non-hydrogen) atoms. The summed E-state index contributed by atoms with van der Waals surface area (Å²) in [6, 6.07) is 6.46. The smallest absolute Gasteiger partial charge is 0.0294 e. The molecule has 1 aromatic rings. The van der Waals surface area contributed by atoms with Crippen molar-refractivity contribution in [2.45, 2.75) is 26.7 Å². The zero-order chi connectivity index (χ0) is 8.97. The van der Waals surface area contributed by atoms with Crippen molar-refractivity contribution in [3.05, 3.63) is 34.2 Å². The molecule has 0 atom stereocenters. The molecule has 0 amide bonds. The van der Waals surface area contributed by atoms with E-state index in [2.05, 4.69) is 44.7 Å². The molecule has 1 rings (SSSR count). The number of rotatable bonds is 2. The zero-order valence-corrected chi connectivity index (χ0v) is 7.93. The van der Waals surface area contributed by atoms with Crippen LogP contribution in [0.5, 0.6) is 0 Å². The molecular weight excluding hydrogens is 144 g/mol. The van der Waals surface area contributed by atoms with Gasteiger partial charge in [0.1, 0.15) is 0 Å².